The van der Waals surface area contributed by atoms with Crippen LogP contribution < -0.4 is 5.32 Å². The molecule has 3 heterocycles. The van der Waals surface area contributed by atoms with Gasteiger partial charge in [0.1, 0.15) is 5.82 Å². The fourth-order valence-electron chi connectivity index (χ4n) is 2.55. The summed E-state index contributed by atoms with van der Waals surface area (Å²) >= 11 is 0. The molecular weight excluding hydrogens is 262 g/mol. The molecule has 5 heteroatoms. The third-order valence-electron chi connectivity index (χ3n) is 3.66. The van der Waals surface area contributed by atoms with Gasteiger partial charge in [-0.2, -0.15) is 9.61 Å². The number of aryl methyl sites for hydroxylation is 2. The van der Waals surface area contributed by atoms with Crippen molar-refractivity contribution in [3.05, 3.63) is 48.0 Å². The van der Waals surface area contributed by atoms with Gasteiger partial charge in [0.15, 0.2) is 5.65 Å². The molecule has 0 aliphatic carbocycles. The summed E-state index contributed by atoms with van der Waals surface area (Å²) < 4.78 is 4.02. The van der Waals surface area contributed by atoms with Crippen LogP contribution in [0.3, 0.4) is 0 Å². The van der Waals surface area contributed by atoms with Crippen molar-refractivity contribution in [2.24, 2.45) is 7.05 Å². The van der Waals surface area contributed by atoms with Crippen molar-refractivity contribution in [2.45, 2.75) is 26.2 Å². The zero-order chi connectivity index (χ0) is 14.7. The van der Waals surface area contributed by atoms with Gasteiger partial charge < -0.3 is 9.88 Å². The summed E-state index contributed by atoms with van der Waals surface area (Å²) in [5, 5.41) is 7.82. The number of fused-ring (bicyclic) bond motifs is 1. The molecule has 0 amide bonds. The highest BCUT2D eigenvalue weighted by Crippen LogP contribution is 2.14. The van der Waals surface area contributed by atoms with Crippen LogP contribution in [-0.2, 0) is 19.9 Å². The Morgan fingerprint density at radius 1 is 1.24 bits per heavy atom. The van der Waals surface area contributed by atoms with Crippen LogP contribution in [0, 0.1) is 0 Å². The molecule has 0 saturated heterocycles. The molecule has 5 nitrogen and oxygen atoms in total. The molecule has 0 radical (unpaired) electrons. The molecule has 1 N–H and O–H groups in total. The normalized spacial score (nSPS) is 11.1. The van der Waals surface area contributed by atoms with E-state index < -0.39 is 0 Å². The molecule has 3 aromatic heterocycles. The van der Waals surface area contributed by atoms with E-state index in [0.717, 1.165) is 43.0 Å². The van der Waals surface area contributed by atoms with Gasteiger partial charge in [-0.05, 0) is 18.6 Å². The van der Waals surface area contributed by atoms with Crippen molar-refractivity contribution in [3.63, 3.8) is 0 Å². The highest BCUT2D eigenvalue weighted by atomic mass is 15.3. The van der Waals surface area contributed by atoms with Crippen LogP contribution in [0.2, 0.25) is 0 Å². The maximum Gasteiger partial charge on any atom is 0.157 e. The number of aromatic nitrogens is 4. The molecule has 0 unspecified atom stereocenters. The Bertz CT molecular complexity index is 725. The molecule has 0 aliphatic rings. The number of anilines is 1. The van der Waals surface area contributed by atoms with E-state index in [0.29, 0.717) is 0 Å². The third kappa shape index (κ3) is 2.91. The van der Waals surface area contributed by atoms with Crippen LogP contribution in [0.25, 0.3) is 5.65 Å². The zero-order valence-electron chi connectivity index (χ0n) is 12.6. The summed E-state index contributed by atoms with van der Waals surface area (Å²) in [6, 6.07) is 8.28. The number of hydrogen-bond donors (Lipinski definition) is 1. The van der Waals surface area contributed by atoms with E-state index in [1.165, 1.54) is 5.69 Å². The average Bonchev–Trinajstić information content (AvgIpc) is 3.08. The third-order valence-corrected chi connectivity index (χ3v) is 3.66. The standard InChI is InChI=1S/C16H21N5/c1-3-5-13-12-16(21-15(19-13)8-10-18-21)17-9-7-14-6-4-11-20(14)2/h4,6,8,10-12,17H,3,5,7,9H2,1-2H3. The smallest absolute Gasteiger partial charge is 0.157 e. The van der Waals surface area contributed by atoms with Gasteiger partial charge in [0.05, 0.1) is 6.20 Å². The van der Waals surface area contributed by atoms with Crippen molar-refractivity contribution >= 4 is 11.5 Å². The monoisotopic (exact) mass is 283 g/mol. The number of rotatable bonds is 6. The van der Waals surface area contributed by atoms with E-state index >= 15 is 0 Å². The predicted octanol–water partition coefficient (Wildman–Crippen LogP) is 2.67. The first kappa shape index (κ1) is 13.7. The maximum atomic E-state index is 4.61. The zero-order valence-corrected chi connectivity index (χ0v) is 12.6. The summed E-state index contributed by atoms with van der Waals surface area (Å²) in [5.74, 6) is 1.02. The van der Waals surface area contributed by atoms with Gasteiger partial charge in [-0.25, -0.2) is 4.98 Å². The fourth-order valence-corrected chi connectivity index (χ4v) is 2.55. The Balaban J connectivity index is 1.76. The van der Waals surface area contributed by atoms with Gasteiger partial charge in [-0.1, -0.05) is 13.3 Å². The highest BCUT2D eigenvalue weighted by molar-refractivity contribution is 5.49. The van der Waals surface area contributed by atoms with E-state index in [-0.39, 0.29) is 0 Å². The van der Waals surface area contributed by atoms with Crippen molar-refractivity contribution in [1.29, 1.82) is 0 Å². The first-order valence-electron chi connectivity index (χ1n) is 7.45. The summed E-state index contributed by atoms with van der Waals surface area (Å²) in [6.45, 7) is 3.05. The van der Waals surface area contributed by atoms with Gasteiger partial charge in [0.25, 0.3) is 0 Å². The lowest BCUT2D eigenvalue weighted by molar-refractivity contribution is 0.810. The quantitative estimate of drug-likeness (QED) is 0.756. The van der Waals surface area contributed by atoms with Crippen LogP contribution in [0.1, 0.15) is 24.7 Å². The van der Waals surface area contributed by atoms with Gasteiger partial charge in [0.2, 0.25) is 0 Å². The van der Waals surface area contributed by atoms with Gasteiger partial charge >= 0.3 is 0 Å². The van der Waals surface area contributed by atoms with Gasteiger partial charge in [-0.15, -0.1) is 0 Å². The molecule has 0 aromatic carbocycles. The summed E-state index contributed by atoms with van der Waals surface area (Å²) in [6.07, 6.45) is 6.94. The van der Waals surface area contributed by atoms with Gasteiger partial charge in [-0.3, -0.25) is 0 Å². The Hall–Kier alpha value is -2.30. The Kier molecular flexibility index (Phi) is 3.90. The fraction of sp³-hybridized carbons (Fsp3) is 0.375. The second-order valence-electron chi connectivity index (χ2n) is 5.27. The summed E-state index contributed by atoms with van der Waals surface area (Å²) in [4.78, 5) is 4.61. The van der Waals surface area contributed by atoms with Crippen molar-refractivity contribution in [3.8, 4) is 0 Å². The predicted molar refractivity (Wildman–Crippen MR) is 84.6 cm³/mol. The molecule has 3 rings (SSSR count). The first-order chi connectivity index (χ1) is 10.3. The van der Waals surface area contributed by atoms with Crippen LogP contribution >= 0.6 is 0 Å². The SMILES string of the molecule is CCCc1cc(NCCc2cccn2C)n2nccc2n1. The highest BCUT2D eigenvalue weighted by Gasteiger charge is 2.06. The molecule has 0 atom stereocenters. The van der Waals surface area contributed by atoms with Crippen molar-refractivity contribution in [1.82, 2.24) is 19.2 Å². The molecule has 0 spiro atoms. The molecule has 110 valence electrons. The molecule has 0 aliphatic heterocycles. The lowest BCUT2D eigenvalue weighted by atomic mass is 10.2. The first-order valence-corrected chi connectivity index (χ1v) is 7.45. The summed E-state index contributed by atoms with van der Waals surface area (Å²) in [7, 11) is 2.08. The lowest BCUT2D eigenvalue weighted by Crippen LogP contribution is -2.11. The Labute approximate surface area is 124 Å². The number of nitrogens with zero attached hydrogens (tertiary/aromatic N) is 4. The van der Waals surface area contributed by atoms with E-state index in [2.05, 4.69) is 58.3 Å². The van der Waals surface area contributed by atoms with Crippen molar-refractivity contribution in [2.75, 3.05) is 11.9 Å². The average molecular weight is 283 g/mol. The van der Waals surface area contributed by atoms with E-state index in [1.807, 2.05) is 10.6 Å². The van der Waals surface area contributed by atoms with Crippen molar-refractivity contribution < 1.29 is 0 Å². The number of nitrogens with one attached hydrogen (secondary N) is 1. The molecule has 0 bridgehead atoms. The maximum absolute atomic E-state index is 4.61. The minimum Gasteiger partial charge on any atom is -0.370 e. The molecular formula is C16H21N5. The van der Waals surface area contributed by atoms with E-state index in [9.17, 15) is 0 Å². The second-order valence-corrected chi connectivity index (χ2v) is 5.27. The van der Waals surface area contributed by atoms with Crippen LogP contribution in [-0.4, -0.2) is 25.7 Å². The van der Waals surface area contributed by atoms with E-state index in [1.54, 1.807) is 6.20 Å². The molecule has 0 saturated carbocycles. The number of hydrogen-bond acceptors (Lipinski definition) is 3. The van der Waals surface area contributed by atoms with Crippen LogP contribution in [0.5, 0.6) is 0 Å². The molecule has 3 aromatic rings. The molecule has 21 heavy (non-hydrogen) atoms. The van der Waals surface area contributed by atoms with Crippen LogP contribution in [0.4, 0.5) is 5.82 Å². The second kappa shape index (κ2) is 5.99. The van der Waals surface area contributed by atoms with E-state index in [4.69, 9.17) is 0 Å². The molecule has 0 fully saturated rings. The van der Waals surface area contributed by atoms with Crippen LogP contribution in [0.15, 0.2) is 36.7 Å². The largest absolute Gasteiger partial charge is 0.370 e. The topological polar surface area (TPSA) is 47.2 Å². The lowest BCUT2D eigenvalue weighted by Gasteiger charge is -2.10. The minimum absolute atomic E-state index is 0.877. The summed E-state index contributed by atoms with van der Waals surface area (Å²) in [5.41, 5.74) is 3.34. The minimum atomic E-state index is 0.877. The Morgan fingerprint density at radius 2 is 2.14 bits per heavy atom. The Morgan fingerprint density at radius 3 is 2.90 bits per heavy atom. The van der Waals surface area contributed by atoms with Gasteiger partial charge in [0, 0.05) is 49.7 Å².